The third-order valence-electron chi connectivity index (χ3n) is 3.00. The molecular weight excluding hydrogens is 276 g/mol. The number of benzene rings is 2. The lowest BCUT2D eigenvalue weighted by Gasteiger charge is -2.11. The molecule has 0 amide bonds. The lowest BCUT2D eigenvalue weighted by atomic mass is 10.1. The Morgan fingerprint density at radius 1 is 1.24 bits per heavy atom. The molecular formula is C16H13F2NO2. The van der Waals surface area contributed by atoms with Crippen LogP contribution in [-0.4, -0.2) is 5.11 Å². The van der Waals surface area contributed by atoms with Crippen LogP contribution in [0.3, 0.4) is 0 Å². The lowest BCUT2D eigenvalue weighted by Crippen LogP contribution is -2.01. The van der Waals surface area contributed by atoms with E-state index in [-0.39, 0.29) is 17.9 Å². The molecule has 2 rings (SSSR count). The van der Waals surface area contributed by atoms with Gasteiger partial charge in [0.2, 0.25) is 0 Å². The molecule has 0 saturated carbocycles. The molecule has 0 heterocycles. The van der Waals surface area contributed by atoms with Gasteiger partial charge in [0.15, 0.2) is 0 Å². The predicted molar refractivity (Wildman–Crippen MR) is 72.5 cm³/mol. The standard InChI is InChI=1S/C16H13F2NO2/c1-10(20)15-5-4-14(7-16(15)18)21-9-12-6-13(17)3-2-11(12)8-19/h2-7,10,20H,9H2,1H3/t10-/m1/s1. The Hall–Kier alpha value is -2.45. The SMILES string of the molecule is C[C@@H](O)c1ccc(OCc2cc(F)ccc2C#N)cc1F. The van der Waals surface area contributed by atoms with Gasteiger partial charge in [-0.25, -0.2) is 8.78 Å². The van der Waals surface area contributed by atoms with Crippen LogP contribution in [0, 0.1) is 23.0 Å². The van der Waals surface area contributed by atoms with Gasteiger partial charge >= 0.3 is 0 Å². The fraction of sp³-hybridized carbons (Fsp3) is 0.188. The van der Waals surface area contributed by atoms with Gasteiger partial charge in [-0.1, -0.05) is 0 Å². The summed E-state index contributed by atoms with van der Waals surface area (Å²) in [5, 5.41) is 18.3. The van der Waals surface area contributed by atoms with E-state index in [1.165, 1.54) is 37.3 Å². The van der Waals surface area contributed by atoms with E-state index in [0.29, 0.717) is 11.1 Å². The second-order valence-corrected chi connectivity index (χ2v) is 4.56. The lowest BCUT2D eigenvalue weighted by molar-refractivity contribution is 0.194. The van der Waals surface area contributed by atoms with Crippen molar-refractivity contribution in [2.75, 3.05) is 0 Å². The van der Waals surface area contributed by atoms with Gasteiger partial charge in [0.05, 0.1) is 17.7 Å². The van der Waals surface area contributed by atoms with E-state index >= 15 is 0 Å². The molecule has 2 aromatic carbocycles. The molecule has 0 spiro atoms. The van der Waals surface area contributed by atoms with Crippen LogP contribution in [-0.2, 0) is 6.61 Å². The van der Waals surface area contributed by atoms with Gasteiger partial charge in [-0.15, -0.1) is 0 Å². The molecule has 0 aliphatic carbocycles. The quantitative estimate of drug-likeness (QED) is 0.937. The van der Waals surface area contributed by atoms with Crippen LogP contribution in [0.15, 0.2) is 36.4 Å². The Morgan fingerprint density at radius 2 is 2.00 bits per heavy atom. The maximum Gasteiger partial charge on any atom is 0.132 e. The van der Waals surface area contributed by atoms with Crippen molar-refractivity contribution in [3.63, 3.8) is 0 Å². The average molecular weight is 289 g/mol. The van der Waals surface area contributed by atoms with Crippen molar-refractivity contribution >= 4 is 0 Å². The minimum atomic E-state index is -0.910. The molecule has 0 aliphatic heterocycles. The van der Waals surface area contributed by atoms with Crippen LogP contribution in [0.25, 0.3) is 0 Å². The summed E-state index contributed by atoms with van der Waals surface area (Å²) in [5.41, 5.74) is 0.862. The third-order valence-corrected chi connectivity index (χ3v) is 3.00. The van der Waals surface area contributed by atoms with Crippen LogP contribution < -0.4 is 4.74 Å². The van der Waals surface area contributed by atoms with Crippen molar-refractivity contribution in [2.24, 2.45) is 0 Å². The summed E-state index contributed by atoms with van der Waals surface area (Å²) in [6.45, 7) is 1.42. The Kier molecular flexibility index (Phi) is 4.51. The van der Waals surface area contributed by atoms with Crippen molar-refractivity contribution in [1.29, 1.82) is 5.26 Å². The van der Waals surface area contributed by atoms with Gasteiger partial charge < -0.3 is 9.84 Å². The maximum atomic E-state index is 13.7. The van der Waals surface area contributed by atoms with Crippen LogP contribution in [0.5, 0.6) is 5.75 Å². The minimum absolute atomic E-state index is 0.0475. The number of aliphatic hydroxyl groups excluding tert-OH is 1. The Bertz CT molecular complexity index is 693. The molecule has 21 heavy (non-hydrogen) atoms. The van der Waals surface area contributed by atoms with E-state index in [0.717, 1.165) is 6.07 Å². The van der Waals surface area contributed by atoms with E-state index < -0.39 is 17.7 Å². The summed E-state index contributed by atoms with van der Waals surface area (Å²) >= 11 is 0. The van der Waals surface area contributed by atoms with Gasteiger partial charge in [-0.2, -0.15) is 5.26 Å². The van der Waals surface area contributed by atoms with Gasteiger partial charge in [-0.05, 0) is 37.3 Å². The zero-order valence-electron chi connectivity index (χ0n) is 11.3. The Labute approximate surface area is 121 Å². The van der Waals surface area contributed by atoms with E-state index in [4.69, 9.17) is 10.00 Å². The predicted octanol–water partition coefficient (Wildman–Crippen LogP) is 3.47. The number of nitrogens with zero attached hydrogens (tertiary/aromatic N) is 1. The normalized spacial score (nSPS) is 11.8. The van der Waals surface area contributed by atoms with Gasteiger partial charge in [0, 0.05) is 17.2 Å². The number of nitriles is 1. The molecule has 1 atom stereocenters. The summed E-state index contributed by atoms with van der Waals surface area (Å²) in [6, 6.07) is 9.79. The molecule has 108 valence electrons. The monoisotopic (exact) mass is 289 g/mol. The topological polar surface area (TPSA) is 53.2 Å². The summed E-state index contributed by atoms with van der Waals surface area (Å²) in [6.07, 6.45) is -0.910. The fourth-order valence-corrected chi connectivity index (χ4v) is 1.89. The molecule has 0 aliphatic rings. The first-order chi connectivity index (χ1) is 10.0. The summed E-state index contributed by atoms with van der Waals surface area (Å²) < 4.78 is 32.2. The highest BCUT2D eigenvalue weighted by atomic mass is 19.1. The number of ether oxygens (including phenoxy) is 1. The number of rotatable bonds is 4. The van der Waals surface area contributed by atoms with Crippen molar-refractivity contribution < 1.29 is 18.6 Å². The molecule has 1 N–H and O–H groups in total. The number of hydrogen-bond acceptors (Lipinski definition) is 3. The van der Waals surface area contributed by atoms with E-state index in [9.17, 15) is 13.9 Å². The maximum absolute atomic E-state index is 13.7. The fourth-order valence-electron chi connectivity index (χ4n) is 1.89. The van der Waals surface area contributed by atoms with Crippen LogP contribution >= 0.6 is 0 Å². The molecule has 0 radical (unpaired) electrons. The second kappa shape index (κ2) is 6.33. The largest absolute Gasteiger partial charge is 0.489 e. The number of aliphatic hydroxyl groups is 1. The van der Waals surface area contributed by atoms with Crippen molar-refractivity contribution in [3.8, 4) is 11.8 Å². The first-order valence-corrected chi connectivity index (χ1v) is 6.30. The van der Waals surface area contributed by atoms with Gasteiger partial charge in [-0.3, -0.25) is 0 Å². The zero-order chi connectivity index (χ0) is 15.4. The summed E-state index contributed by atoms with van der Waals surface area (Å²) in [4.78, 5) is 0. The smallest absolute Gasteiger partial charge is 0.132 e. The summed E-state index contributed by atoms with van der Waals surface area (Å²) in [7, 11) is 0. The molecule has 0 saturated heterocycles. The zero-order valence-corrected chi connectivity index (χ0v) is 11.3. The van der Waals surface area contributed by atoms with Crippen molar-refractivity contribution in [1.82, 2.24) is 0 Å². The Balaban J connectivity index is 2.16. The van der Waals surface area contributed by atoms with E-state index in [1.54, 1.807) is 0 Å². The highest BCUT2D eigenvalue weighted by molar-refractivity contribution is 5.38. The summed E-state index contributed by atoms with van der Waals surface area (Å²) in [5.74, 6) is -0.810. The van der Waals surface area contributed by atoms with Gasteiger partial charge in [0.1, 0.15) is 24.0 Å². The molecule has 0 bridgehead atoms. The van der Waals surface area contributed by atoms with E-state index in [1.807, 2.05) is 6.07 Å². The van der Waals surface area contributed by atoms with Crippen LogP contribution in [0.4, 0.5) is 8.78 Å². The second-order valence-electron chi connectivity index (χ2n) is 4.56. The van der Waals surface area contributed by atoms with E-state index in [2.05, 4.69) is 0 Å². The van der Waals surface area contributed by atoms with Crippen LogP contribution in [0.1, 0.15) is 29.7 Å². The highest BCUT2D eigenvalue weighted by Gasteiger charge is 2.10. The first kappa shape index (κ1) is 14.9. The highest BCUT2D eigenvalue weighted by Crippen LogP contribution is 2.23. The molecule has 3 nitrogen and oxygen atoms in total. The average Bonchev–Trinajstić information content (AvgIpc) is 2.45. The number of hydrogen-bond donors (Lipinski definition) is 1. The molecule has 0 aromatic heterocycles. The third kappa shape index (κ3) is 3.56. The van der Waals surface area contributed by atoms with Crippen molar-refractivity contribution in [2.45, 2.75) is 19.6 Å². The minimum Gasteiger partial charge on any atom is -0.489 e. The molecule has 5 heteroatoms. The molecule has 2 aromatic rings. The first-order valence-electron chi connectivity index (χ1n) is 6.30. The molecule has 0 unspecified atom stereocenters. The molecule has 0 fully saturated rings. The number of halogens is 2. The van der Waals surface area contributed by atoms with Crippen molar-refractivity contribution in [3.05, 3.63) is 64.7 Å². The Morgan fingerprint density at radius 3 is 2.62 bits per heavy atom. The van der Waals surface area contributed by atoms with Gasteiger partial charge in [0.25, 0.3) is 0 Å². The van der Waals surface area contributed by atoms with Crippen LogP contribution in [0.2, 0.25) is 0 Å².